The average Bonchev–Trinajstić information content (AvgIpc) is 2.68. The van der Waals surface area contributed by atoms with Crippen LogP contribution in [0.15, 0.2) is 24.3 Å². The Hall–Kier alpha value is -1.70. The van der Waals surface area contributed by atoms with Crippen molar-refractivity contribution >= 4 is 16.5 Å². The molecule has 0 aromatic heterocycles. The average molecular weight is 199 g/mol. The molecular weight excluding hydrogens is 186 g/mol. The fraction of sp³-hybridized carbons (Fsp3) is 0.231. The largest absolute Gasteiger partial charge is 0.496 e. The molecule has 0 unspecified atom stereocenters. The summed E-state index contributed by atoms with van der Waals surface area (Å²) in [7, 11) is 1.69. The number of methoxy groups -OCH3 is 1. The van der Waals surface area contributed by atoms with E-state index < -0.39 is 0 Å². The van der Waals surface area contributed by atoms with Gasteiger partial charge in [-0.25, -0.2) is 0 Å². The monoisotopic (exact) mass is 199 g/mol. The van der Waals surface area contributed by atoms with E-state index in [4.69, 9.17) is 10.5 Å². The molecule has 2 N–H and O–H groups in total. The van der Waals surface area contributed by atoms with Crippen molar-refractivity contribution < 1.29 is 4.74 Å². The van der Waals surface area contributed by atoms with Gasteiger partial charge in [0.25, 0.3) is 0 Å². The molecule has 2 heteroatoms. The maximum atomic E-state index is 6.02. The van der Waals surface area contributed by atoms with Crippen molar-refractivity contribution in [2.75, 3.05) is 12.8 Å². The van der Waals surface area contributed by atoms with E-state index in [1.54, 1.807) is 7.11 Å². The molecule has 0 spiro atoms. The van der Waals surface area contributed by atoms with Crippen molar-refractivity contribution in [3.8, 4) is 5.75 Å². The first-order valence-corrected chi connectivity index (χ1v) is 5.18. The third kappa shape index (κ3) is 1.05. The van der Waals surface area contributed by atoms with Crippen molar-refractivity contribution in [2.24, 2.45) is 0 Å². The predicted octanol–water partition coefficient (Wildman–Crippen LogP) is 2.53. The fourth-order valence-corrected chi connectivity index (χ4v) is 2.49. The Kier molecular flexibility index (Phi) is 1.66. The molecule has 76 valence electrons. The maximum Gasteiger partial charge on any atom is 0.128 e. The highest BCUT2D eigenvalue weighted by Gasteiger charge is 2.17. The highest BCUT2D eigenvalue weighted by molar-refractivity contribution is 6.02. The van der Waals surface area contributed by atoms with Gasteiger partial charge in [0.2, 0.25) is 0 Å². The van der Waals surface area contributed by atoms with Crippen molar-refractivity contribution in [1.29, 1.82) is 0 Å². The Morgan fingerprint density at radius 3 is 2.33 bits per heavy atom. The second-order valence-corrected chi connectivity index (χ2v) is 3.99. The van der Waals surface area contributed by atoms with Gasteiger partial charge in [0.15, 0.2) is 0 Å². The van der Waals surface area contributed by atoms with E-state index in [0.29, 0.717) is 0 Å². The minimum absolute atomic E-state index is 0.814. The lowest BCUT2D eigenvalue weighted by Gasteiger charge is -2.09. The molecule has 0 amide bonds. The van der Waals surface area contributed by atoms with E-state index in [-0.39, 0.29) is 0 Å². The summed E-state index contributed by atoms with van der Waals surface area (Å²) in [6.07, 6.45) is 2.25. The van der Waals surface area contributed by atoms with E-state index >= 15 is 0 Å². The third-order valence-electron chi connectivity index (χ3n) is 3.21. The van der Waals surface area contributed by atoms with E-state index in [0.717, 1.165) is 29.7 Å². The zero-order valence-corrected chi connectivity index (χ0v) is 8.71. The Morgan fingerprint density at radius 1 is 1.00 bits per heavy atom. The number of rotatable bonds is 1. The van der Waals surface area contributed by atoms with Crippen LogP contribution in [0.2, 0.25) is 0 Å². The third-order valence-corrected chi connectivity index (χ3v) is 3.21. The minimum atomic E-state index is 0.814. The van der Waals surface area contributed by atoms with Gasteiger partial charge in [-0.2, -0.15) is 0 Å². The molecule has 2 aromatic carbocycles. The van der Waals surface area contributed by atoms with Gasteiger partial charge in [-0.1, -0.05) is 12.1 Å². The van der Waals surface area contributed by atoms with Gasteiger partial charge < -0.3 is 10.5 Å². The van der Waals surface area contributed by atoms with Gasteiger partial charge in [0.05, 0.1) is 7.11 Å². The lowest BCUT2D eigenvalue weighted by molar-refractivity contribution is 0.420. The molecular formula is C13H13NO. The summed E-state index contributed by atoms with van der Waals surface area (Å²) in [4.78, 5) is 0. The summed E-state index contributed by atoms with van der Waals surface area (Å²) in [5.74, 6) is 0.884. The number of anilines is 1. The van der Waals surface area contributed by atoms with Crippen LogP contribution in [-0.2, 0) is 12.8 Å². The van der Waals surface area contributed by atoms with Crippen molar-refractivity contribution in [2.45, 2.75) is 12.8 Å². The van der Waals surface area contributed by atoms with Crippen LogP contribution in [0.4, 0.5) is 5.69 Å². The zero-order chi connectivity index (χ0) is 10.4. The number of benzene rings is 2. The van der Waals surface area contributed by atoms with Gasteiger partial charge in [-0.15, -0.1) is 0 Å². The van der Waals surface area contributed by atoms with Gasteiger partial charge in [0.1, 0.15) is 5.75 Å². The molecule has 1 aliphatic rings. The summed E-state index contributed by atoms with van der Waals surface area (Å²) in [5.41, 5.74) is 9.63. The number of nitrogens with two attached hydrogens (primary N) is 1. The fourth-order valence-electron chi connectivity index (χ4n) is 2.49. The van der Waals surface area contributed by atoms with E-state index in [1.165, 1.54) is 16.5 Å². The minimum Gasteiger partial charge on any atom is -0.496 e. The SMILES string of the molecule is COc1ccc2c3c(ccc(N)c13)CC2. The smallest absolute Gasteiger partial charge is 0.128 e. The van der Waals surface area contributed by atoms with Gasteiger partial charge in [0, 0.05) is 11.1 Å². The summed E-state index contributed by atoms with van der Waals surface area (Å²) in [5, 5.41) is 2.40. The lowest BCUT2D eigenvalue weighted by Crippen LogP contribution is -1.92. The first-order valence-electron chi connectivity index (χ1n) is 5.18. The van der Waals surface area contributed by atoms with Crippen LogP contribution in [-0.4, -0.2) is 7.11 Å². The van der Waals surface area contributed by atoms with Crippen molar-refractivity contribution in [1.82, 2.24) is 0 Å². The summed E-state index contributed by atoms with van der Waals surface area (Å²) in [6.45, 7) is 0. The Morgan fingerprint density at radius 2 is 1.67 bits per heavy atom. The van der Waals surface area contributed by atoms with Gasteiger partial charge in [-0.05, 0) is 41.5 Å². The van der Waals surface area contributed by atoms with Crippen LogP contribution >= 0.6 is 0 Å². The molecule has 0 radical (unpaired) electrons. The van der Waals surface area contributed by atoms with Gasteiger partial charge >= 0.3 is 0 Å². The maximum absolute atomic E-state index is 6.02. The normalized spacial score (nSPS) is 13.4. The lowest BCUT2D eigenvalue weighted by atomic mass is 10.0. The Bertz CT molecular complexity index is 535. The second kappa shape index (κ2) is 2.89. The number of hydrogen-bond donors (Lipinski definition) is 1. The summed E-state index contributed by atoms with van der Waals surface area (Å²) in [6, 6.07) is 8.28. The first kappa shape index (κ1) is 8.60. The molecule has 0 bridgehead atoms. The number of hydrogen-bond acceptors (Lipinski definition) is 2. The molecule has 0 saturated heterocycles. The topological polar surface area (TPSA) is 35.2 Å². The highest BCUT2D eigenvalue weighted by atomic mass is 16.5. The standard InChI is InChI=1S/C13H13NO/c1-15-11-7-5-9-3-2-8-4-6-10(14)13(11)12(8)9/h4-7H,2-3,14H2,1H3. The van der Waals surface area contributed by atoms with Crippen molar-refractivity contribution in [3.05, 3.63) is 35.4 Å². The summed E-state index contributed by atoms with van der Waals surface area (Å²) >= 11 is 0. The number of ether oxygens (including phenoxy) is 1. The summed E-state index contributed by atoms with van der Waals surface area (Å²) < 4.78 is 5.37. The van der Waals surface area contributed by atoms with Gasteiger partial charge in [-0.3, -0.25) is 0 Å². The molecule has 0 fully saturated rings. The molecule has 2 nitrogen and oxygen atoms in total. The Labute approximate surface area is 88.7 Å². The van der Waals surface area contributed by atoms with Crippen LogP contribution in [0.5, 0.6) is 5.75 Å². The molecule has 0 aliphatic heterocycles. The quantitative estimate of drug-likeness (QED) is 0.716. The molecule has 0 saturated carbocycles. The molecule has 3 rings (SSSR count). The second-order valence-electron chi connectivity index (χ2n) is 3.99. The van der Waals surface area contributed by atoms with Crippen LogP contribution in [0.25, 0.3) is 10.8 Å². The molecule has 0 heterocycles. The predicted molar refractivity (Wildman–Crippen MR) is 62.3 cm³/mol. The number of nitrogen functional groups attached to an aromatic ring is 1. The zero-order valence-electron chi connectivity index (χ0n) is 8.71. The molecule has 15 heavy (non-hydrogen) atoms. The molecule has 0 atom stereocenters. The van der Waals surface area contributed by atoms with Crippen molar-refractivity contribution in [3.63, 3.8) is 0 Å². The number of aryl methyl sites for hydroxylation is 2. The van der Waals surface area contributed by atoms with Crippen LogP contribution < -0.4 is 10.5 Å². The van der Waals surface area contributed by atoms with Crippen LogP contribution in [0.1, 0.15) is 11.1 Å². The van der Waals surface area contributed by atoms with E-state index in [1.807, 2.05) is 12.1 Å². The Balaban J connectivity index is 2.52. The van der Waals surface area contributed by atoms with E-state index in [2.05, 4.69) is 12.1 Å². The van der Waals surface area contributed by atoms with E-state index in [9.17, 15) is 0 Å². The van der Waals surface area contributed by atoms with Crippen LogP contribution in [0.3, 0.4) is 0 Å². The van der Waals surface area contributed by atoms with Crippen LogP contribution in [0, 0.1) is 0 Å². The molecule has 1 aliphatic carbocycles. The first-order chi connectivity index (χ1) is 7.31. The highest BCUT2D eigenvalue weighted by Crippen LogP contribution is 2.39. The molecule has 2 aromatic rings.